The van der Waals surface area contributed by atoms with Crippen molar-refractivity contribution < 1.29 is 14.6 Å². The van der Waals surface area contributed by atoms with Crippen LogP contribution in [0.25, 0.3) is 0 Å². The third-order valence-corrected chi connectivity index (χ3v) is 1.45. The van der Waals surface area contributed by atoms with Crippen molar-refractivity contribution in [1.82, 2.24) is 4.98 Å². The highest BCUT2D eigenvalue weighted by Gasteiger charge is 2.10. The van der Waals surface area contributed by atoms with Crippen molar-refractivity contribution in [3.05, 3.63) is 23.5 Å². The fourth-order valence-corrected chi connectivity index (χ4v) is 0.864. The van der Waals surface area contributed by atoms with Gasteiger partial charge in [0, 0.05) is 18.0 Å². The van der Waals surface area contributed by atoms with E-state index in [1.165, 1.54) is 13.3 Å². The van der Waals surface area contributed by atoms with Crippen molar-refractivity contribution in [2.75, 3.05) is 7.11 Å². The van der Waals surface area contributed by atoms with E-state index in [-0.39, 0.29) is 5.56 Å². The van der Waals surface area contributed by atoms with Gasteiger partial charge in [-0.15, -0.1) is 0 Å². The van der Waals surface area contributed by atoms with E-state index in [4.69, 9.17) is 9.84 Å². The van der Waals surface area contributed by atoms with E-state index in [0.717, 1.165) is 5.69 Å². The lowest BCUT2D eigenvalue weighted by atomic mass is 10.2. The molecule has 0 aliphatic heterocycles. The predicted octanol–water partition coefficient (Wildman–Crippen LogP) is 1.10. The van der Waals surface area contributed by atoms with Crippen LogP contribution in [0.4, 0.5) is 0 Å². The molecule has 0 aliphatic carbocycles. The summed E-state index contributed by atoms with van der Waals surface area (Å²) in [6.07, 6.45) is 1.29. The van der Waals surface area contributed by atoms with Crippen LogP contribution in [0.15, 0.2) is 12.3 Å². The molecule has 12 heavy (non-hydrogen) atoms. The molecule has 4 heteroatoms. The molecule has 0 bridgehead atoms. The average molecular weight is 167 g/mol. The summed E-state index contributed by atoms with van der Waals surface area (Å²) in [5, 5.41) is 8.67. The number of carbonyl (C=O) groups is 1. The highest BCUT2D eigenvalue weighted by atomic mass is 16.5. The number of hydrogen-bond acceptors (Lipinski definition) is 3. The van der Waals surface area contributed by atoms with Gasteiger partial charge in [-0.1, -0.05) is 0 Å². The molecule has 1 aromatic rings. The Morgan fingerprint density at radius 1 is 1.67 bits per heavy atom. The zero-order chi connectivity index (χ0) is 9.14. The van der Waals surface area contributed by atoms with Gasteiger partial charge in [-0.25, -0.2) is 4.79 Å². The standard InChI is InChI=1S/C8H9NO3/c1-5-3-7(12-2)6(4-9-5)8(10)11/h3-4H,1-2H3,(H,10,11). The molecular weight excluding hydrogens is 158 g/mol. The normalized spacial score (nSPS) is 9.50. The van der Waals surface area contributed by atoms with E-state index in [1.807, 2.05) is 0 Å². The Balaban J connectivity index is 3.20. The van der Waals surface area contributed by atoms with E-state index in [0.29, 0.717) is 5.75 Å². The maximum atomic E-state index is 10.6. The van der Waals surface area contributed by atoms with E-state index in [9.17, 15) is 4.79 Å². The van der Waals surface area contributed by atoms with Crippen molar-refractivity contribution in [3.63, 3.8) is 0 Å². The number of pyridine rings is 1. The first-order valence-electron chi connectivity index (χ1n) is 3.39. The van der Waals surface area contributed by atoms with Crippen LogP contribution in [0.5, 0.6) is 5.75 Å². The van der Waals surface area contributed by atoms with Gasteiger partial charge < -0.3 is 9.84 Å². The first-order chi connectivity index (χ1) is 5.65. The molecule has 0 unspecified atom stereocenters. The van der Waals surface area contributed by atoms with Gasteiger partial charge in [0.1, 0.15) is 11.3 Å². The van der Waals surface area contributed by atoms with E-state index < -0.39 is 5.97 Å². The number of carboxylic acids is 1. The molecule has 64 valence electrons. The minimum Gasteiger partial charge on any atom is -0.496 e. The first-order valence-corrected chi connectivity index (χ1v) is 3.39. The van der Waals surface area contributed by atoms with Gasteiger partial charge in [0.2, 0.25) is 0 Å². The zero-order valence-corrected chi connectivity index (χ0v) is 6.87. The summed E-state index contributed by atoms with van der Waals surface area (Å²) in [5.41, 5.74) is 0.819. The summed E-state index contributed by atoms with van der Waals surface area (Å²) in [6.45, 7) is 1.77. The summed E-state index contributed by atoms with van der Waals surface area (Å²) in [4.78, 5) is 14.4. The minimum atomic E-state index is -1.03. The summed E-state index contributed by atoms with van der Waals surface area (Å²) in [6, 6.07) is 1.59. The number of rotatable bonds is 2. The van der Waals surface area contributed by atoms with Crippen LogP contribution in [-0.2, 0) is 0 Å². The molecule has 4 nitrogen and oxygen atoms in total. The zero-order valence-electron chi connectivity index (χ0n) is 6.87. The van der Waals surface area contributed by atoms with Crippen molar-refractivity contribution in [2.24, 2.45) is 0 Å². The largest absolute Gasteiger partial charge is 0.496 e. The lowest BCUT2D eigenvalue weighted by Crippen LogP contribution is -2.01. The van der Waals surface area contributed by atoms with Crippen molar-refractivity contribution in [3.8, 4) is 5.75 Å². The van der Waals surface area contributed by atoms with Crippen LogP contribution in [0.1, 0.15) is 16.1 Å². The lowest BCUT2D eigenvalue weighted by molar-refractivity contribution is 0.0693. The quantitative estimate of drug-likeness (QED) is 0.716. The highest BCUT2D eigenvalue weighted by molar-refractivity contribution is 5.90. The predicted molar refractivity (Wildman–Crippen MR) is 42.5 cm³/mol. The summed E-state index contributed by atoms with van der Waals surface area (Å²) in [5.74, 6) is -0.686. The molecule has 0 aliphatic rings. The third-order valence-electron chi connectivity index (χ3n) is 1.45. The van der Waals surface area contributed by atoms with E-state index in [1.54, 1.807) is 13.0 Å². The number of hydrogen-bond donors (Lipinski definition) is 1. The molecule has 1 N–H and O–H groups in total. The number of methoxy groups -OCH3 is 1. The van der Waals surface area contributed by atoms with Crippen LogP contribution in [0.3, 0.4) is 0 Å². The van der Waals surface area contributed by atoms with Crippen molar-refractivity contribution >= 4 is 5.97 Å². The number of nitrogens with zero attached hydrogens (tertiary/aromatic N) is 1. The Labute approximate surface area is 69.8 Å². The number of carboxylic acid groups (broad SMARTS) is 1. The fraction of sp³-hybridized carbons (Fsp3) is 0.250. The summed E-state index contributed by atoms with van der Waals surface area (Å²) >= 11 is 0. The topological polar surface area (TPSA) is 59.4 Å². The Kier molecular flexibility index (Phi) is 2.28. The molecule has 0 radical (unpaired) electrons. The van der Waals surface area contributed by atoms with Crippen LogP contribution in [-0.4, -0.2) is 23.2 Å². The molecule has 0 saturated carbocycles. The van der Waals surface area contributed by atoms with Gasteiger partial charge in [-0.3, -0.25) is 4.98 Å². The molecule has 0 atom stereocenters. The number of aryl methyl sites for hydroxylation is 1. The molecule has 0 spiro atoms. The Morgan fingerprint density at radius 2 is 2.33 bits per heavy atom. The van der Waals surface area contributed by atoms with Gasteiger partial charge in [0.05, 0.1) is 7.11 Å². The Hall–Kier alpha value is -1.58. The van der Waals surface area contributed by atoms with Gasteiger partial charge in [-0.05, 0) is 6.92 Å². The van der Waals surface area contributed by atoms with E-state index in [2.05, 4.69) is 4.98 Å². The van der Waals surface area contributed by atoms with Gasteiger partial charge in [-0.2, -0.15) is 0 Å². The minimum absolute atomic E-state index is 0.0862. The van der Waals surface area contributed by atoms with Gasteiger partial charge in [0.15, 0.2) is 0 Å². The van der Waals surface area contributed by atoms with E-state index >= 15 is 0 Å². The average Bonchev–Trinajstić information content (AvgIpc) is 2.03. The third kappa shape index (κ3) is 1.53. The van der Waals surface area contributed by atoms with Crippen LogP contribution >= 0.6 is 0 Å². The first kappa shape index (κ1) is 8.52. The number of aromatic carboxylic acids is 1. The smallest absolute Gasteiger partial charge is 0.341 e. The van der Waals surface area contributed by atoms with Crippen LogP contribution < -0.4 is 4.74 Å². The Bertz CT molecular complexity index is 309. The molecule has 1 aromatic heterocycles. The fourth-order valence-electron chi connectivity index (χ4n) is 0.864. The maximum Gasteiger partial charge on any atom is 0.341 e. The Morgan fingerprint density at radius 3 is 2.83 bits per heavy atom. The molecule has 1 heterocycles. The molecule has 0 saturated heterocycles. The number of ether oxygens (including phenoxy) is 1. The molecule has 0 aromatic carbocycles. The molecule has 0 amide bonds. The van der Waals surface area contributed by atoms with Gasteiger partial charge in [0.25, 0.3) is 0 Å². The highest BCUT2D eigenvalue weighted by Crippen LogP contribution is 2.17. The number of aromatic nitrogens is 1. The van der Waals surface area contributed by atoms with Crippen molar-refractivity contribution in [2.45, 2.75) is 6.92 Å². The molecular formula is C8H9NO3. The lowest BCUT2D eigenvalue weighted by Gasteiger charge is -2.03. The van der Waals surface area contributed by atoms with Crippen molar-refractivity contribution in [1.29, 1.82) is 0 Å². The monoisotopic (exact) mass is 167 g/mol. The second-order valence-corrected chi connectivity index (χ2v) is 2.33. The molecule has 0 fully saturated rings. The summed E-state index contributed by atoms with van der Waals surface area (Å²) < 4.78 is 4.87. The second kappa shape index (κ2) is 3.21. The van der Waals surface area contributed by atoms with Crippen LogP contribution in [0, 0.1) is 6.92 Å². The molecule has 1 rings (SSSR count). The second-order valence-electron chi connectivity index (χ2n) is 2.33. The SMILES string of the molecule is COc1cc(C)ncc1C(=O)O. The van der Waals surface area contributed by atoms with Gasteiger partial charge >= 0.3 is 5.97 Å². The summed E-state index contributed by atoms with van der Waals surface area (Å²) in [7, 11) is 1.43. The van der Waals surface area contributed by atoms with Crippen LogP contribution in [0.2, 0.25) is 0 Å². The maximum absolute atomic E-state index is 10.6.